The number of nitrogens with zero attached hydrogens (tertiary/aromatic N) is 3. The third-order valence-corrected chi connectivity index (χ3v) is 6.77. The lowest BCUT2D eigenvalue weighted by atomic mass is 10.1. The Balaban J connectivity index is 1.70. The number of sulfone groups is 1. The van der Waals surface area contributed by atoms with Crippen LogP contribution in [0.1, 0.15) is 28.2 Å². The van der Waals surface area contributed by atoms with Crippen molar-refractivity contribution < 1.29 is 13.2 Å². The summed E-state index contributed by atoms with van der Waals surface area (Å²) in [7, 11) is -3.10. The summed E-state index contributed by atoms with van der Waals surface area (Å²) in [6.07, 6.45) is 2.20. The van der Waals surface area contributed by atoms with Crippen molar-refractivity contribution in [2.45, 2.75) is 25.9 Å². The van der Waals surface area contributed by atoms with Gasteiger partial charge in [-0.3, -0.25) is 4.79 Å². The van der Waals surface area contributed by atoms with Gasteiger partial charge in [0.05, 0.1) is 11.5 Å². The van der Waals surface area contributed by atoms with Crippen LogP contribution in [-0.2, 0) is 16.4 Å². The molecule has 1 aliphatic heterocycles. The van der Waals surface area contributed by atoms with E-state index in [1.54, 1.807) is 11.1 Å². The molecule has 0 bridgehead atoms. The van der Waals surface area contributed by atoms with Gasteiger partial charge < -0.3 is 9.30 Å². The van der Waals surface area contributed by atoms with Crippen LogP contribution in [-0.4, -0.2) is 46.2 Å². The van der Waals surface area contributed by atoms with E-state index < -0.39 is 9.84 Å². The molecule has 140 valence electrons. The number of hydrogen-bond acceptors (Lipinski definition) is 4. The first-order chi connectivity index (χ1) is 12.9. The molecule has 27 heavy (non-hydrogen) atoms. The monoisotopic (exact) mass is 383 g/mol. The lowest BCUT2D eigenvalue weighted by Crippen LogP contribution is -2.40. The Kier molecular flexibility index (Phi) is 4.47. The maximum absolute atomic E-state index is 13.3. The van der Waals surface area contributed by atoms with Gasteiger partial charge in [0, 0.05) is 24.5 Å². The van der Waals surface area contributed by atoms with Crippen LogP contribution in [0.3, 0.4) is 0 Å². The molecule has 0 spiro atoms. The van der Waals surface area contributed by atoms with Gasteiger partial charge in [-0.05, 0) is 31.0 Å². The van der Waals surface area contributed by atoms with Crippen molar-refractivity contribution in [3.05, 3.63) is 71.7 Å². The number of benzene rings is 1. The van der Waals surface area contributed by atoms with Gasteiger partial charge in [0.15, 0.2) is 9.84 Å². The van der Waals surface area contributed by atoms with Crippen LogP contribution in [0.5, 0.6) is 0 Å². The minimum absolute atomic E-state index is 0.0119. The van der Waals surface area contributed by atoms with Crippen molar-refractivity contribution in [2.24, 2.45) is 0 Å². The number of hydrogen-bond donors (Lipinski definition) is 0. The van der Waals surface area contributed by atoms with Gasteiger partial charge in [0.25, 0.3) is 5.91 Å². The van der Waals surface area contributed by atoms with Crippen LogP contribution in [0.2, 0.25) is 0 Å². The minimum atomic E-state index is -3.10. The molecular formula is C20H21N3O3S. The molecule has 2 aromatic heterocycles. The van der Waals surface area contributed by atoms with Crippen LogP contribution in [0.4, 0.5) is 0 Å². The summed E-state index contributed by atoms with van der Waals surface area (Å²) in [5, 5.41) is 0. The molecule has 1 saturated heterocycles. The lowest BCUT2D eigenvalue weighted by molar-refractivity contribution is 0.0675. The Labute approximate surface area is 158 Å². The second-order valence-electron chi connectivity index (χ2n) is 7.00. The lowest BCUT2D eigenvalue weighted by Gasteiger charge is -2.27. The Morgan fingerprint density at radius 3 is 2.63 bits per heavy atom. The number of amides is 1. The number of imidazole rings is 1. The Hall–Kier alpha value is -2.67. The molecule has 1 fully saturated rings. The molecule has 0 unspecified atom stereocenters. The first-order valence-electron chi connectivity index (χ1n) is 8.93. The number of carbonyl (C=O) groups excluding carboxylic acids is 1. The van der Waals surface area contributed by atoms with E-state index in [4.69, 9.17) is 0 Å². The quantitative estimate of drug-likeness (QED) is 0.694. The summed E-state index contributed by atoms with van der Waals surface area (Å²) in [6.45, 7) is 2.32. The number of rotatable bonds is 4. The zero-order valence-electron chi connectivity index (χ0n) is 15.1. The van der Waals surface area contributed by atoms with E-state index in [1.165, 1.54) is 0 Å². The predicted octanol–water partition coefficient (Wildman–Crippen LogP) is 2.47. The van der Waals surface area contributed by atoms with Gasteiger partial charge in [0.1, 0.15) is 11.3 Å². The third-order valence-electron chi connectivity index (χ3n) is 5.02. The fraction of sp³-hybridized carbons (Fsp3) is 0.300. The molecule has 1 aromatic carbocycles. The van der Waals surface area contributed by atoms with E-state index in [0.29, 0.717) is 24.3 Å². The largest absolute Gasteiger partial charge is 0.329 e. The van der Waals surface area contributed by atoms with Crippen molar-refractivity contribution in [2.75, 3.05) is 11.5 Å². The predicted molar refractivity (Wildman–Crippen MR) is 103 cm³/mol. The van der Waals surface area contributed by atoms with Crippen LogP contribution in [0.15, 0.2) is 54.7 Å². The summed E-state index contributed by atoms with van der Waals surface area (Å²) in [4.78, 5) is 19.4. The zero-order chi connectivity index (χ0) is 19.0. The van der Waals surface area contributed by atoms with Gasteiger partial charge in [-0.1, -0.05) is 36.4 Å². The van der Waals surface area contributed by atoms with E-state index in [1.807, 2.05) is 59.9 Å². The van der Waals surface area contributed by atoms with Crippen molar-refractivity contribution in [3.63, 3.8) is 0 Å². The number of pyridine rings is 1. The summed E-state index contributed by atoms with van der Waals surface area (Å²) < 4.78 is 25.8. The Morgan fingerprint density at radius 1 is 1.19 bits per heavy atom. The molecule has 0 radical (unpaired) electrons. The normalized spacial score (nSPS) is 18.6. The standard InChI is InChI=1S/C20H21N3O3S/c1-15-6-5-9-19-21-18(13-22(15)19)20(24)23(12-16-7-3-2-4-8-16)17-10-11-27(25,26)14-17/h2-9,13,17H,10-12,14H2,1H3/t17-/m0/s1. The second-order valence-corrected chi connectivity index (χ2v) is 9.23. The first kappa shape index (κ1) is 17.7. The summed E-state index contributed by atoms with van der Waals surface area (Å²) in [6, 6.07) is 15.0. The Bertz CT molecular complexity index is 1090. The fourth-order valence-electron chi connectivity index (χ4n) is 3.57. The fourth-order valence-corrected chi connectivity index (χ4v) is 5.30. The molecule has 0 aliphatic carbocycles. The number of aromatic nitrogens is 2. The molecular weight excluding hydrogens is 362 g/mol. The molecule has 6 nitrogen and oxygen atoms in total. The first-order valence-corrected chi connectivity index (χ1v) is 10.8. The molecule has 3 aromatic rings. The van der Waals surface area contributed by atoms with Crippen molar-refractivity contribution >= 4 is 21.4 Å². The molecule has 3 heterocycles. The van der Waals surface area contributed by atoms with Crippen LogP contribution in [0, 0.1) is 6.92 Å². The SMILES string of the molecule is Cc1cccc2nc(C(=O)N(Cc3ccccc3)[C@H]3CCS(=O)(=O)C3)cn12. The molecule has 1 atom stereocenters. The average molecular weight is 383 g/mol. The molecule has 4 rings (SSSR count). The molecule has 0 saturated carbocycles. The zero-order valence-corrected chi connectivity index (χ0v) is 15.9. The highest BCUT2D eigenvalue weighted by Crippen LogP contribution is 2.22. The highest BCUT2D eigenvalue weighted by molar-refractivity contribution is 7.91. The molecule has 7 heteroatoms. The van der Waals surface area contributed by atoms with E-state index >= 15 is 0 Å². The minimum Gasteiger partial charge on any atom is -0.329 e. The van der Waals surface area contributed by atoms with Gasteiger partial charge in [-0.25, -0.2) is 13.4 Å². The topological polar surface area (TPSA) is 71.8 Å². The van der Waals surface area contributed by atoms with Crippen LogP contribution >= 0.6 is 0 Å². The average Bonchev–Trinajstić information content (AvgIpc) is 3.24. The van der Waals surface area contributed by atoms with Crippen LogP contribution in [0.25, 0.3) is 5.65 Å². The summed E-state index contributed by atoms with van der Waals surface area (Å²) in [5.41, 5.74) is 2.99. The van der Waals surface area contributed by atoms with Crippen molar-refractivity contribution in [3.8, 4) is 0 Å². The number of aryl methyl sites for hydroxylation is 1. The molecule has 0 N–H and O–H groups in total. The van der Waals surface area contributed by atoms with E-state index in [9.17, 15) is 13.2 Å². The van der Waals surface area contributed by atoms with E-state index in [-0.39, 0.29) is 23.5 Å². The maximum atomic E-state index is 13.3. The van der Waals surface area contributed by atoms with Gasteiger partial charge >= 0.3 is 0 Å². The highest BCUT2D eigenvalue weighted by atomic mass is 32.2. The van der Waals surface area contributed by atoms with Gasteiger partial charge in [-0.15, -0.1) is 0 Å². The van der Waals surface area contributed by atoms with Gasteiger partial charge in [-0.2, -0.15) is 0 Å². The van der Waals surface area contributed by atoms with E-state index in [0.717, 1.165) is 11.3 Å². The maximum Gasteiger partial charge on any atom is 0.274 e. The molecule has 1 amide bonds. The third kappa shape index (κ3) is 3.60. The van der Waals surface area contributed by atoms with E-state index in [2.05, 4.69) is 4.98 Å². The van der Waals surface area contributed by atoms with Crippen molar-refractivity contribution in [1.29, 1.82) is 0 Å². The van der Waals surface area contributed by atoms with Gasteiger partial charge in [0.2, 0.25) is 0 Å². The highest BCUT2D eigenvalue weighted by Gasteiger charge is 2.35. The number of fused-ring (bicyclic) bond motifs is 1. The van der Waals surface area contributed by atoms with Crippen LogP contribution < -0.4 is 0 Å². The smallest absolute Gasteiger partial charge is 0.274 e. The summed E-state index contributed by atoms with van der Waals surface area (Å²) in [5.74, 6) is -0.0950. The second kappa shape index (κ2) is 6.81. The number of carbonyl (C=O) groups is 1. The Morgan fingerprint density at radius 2 is 1.96 bits per heavy atom. The summed E-state index contributed by atoms with van der Waals surface area (Å²) >= 11 is 0. The molecule has 1 aliphatic rings. The van der Waals surface area contributed by atoms with Crippen molar-refractivity contribution in [1.82, 2.24) is 14.3 Å².